The van der Waals surface area contributed by atoms with Crippen LogP contribution >= 0.6 is 11.3 Å². The summed E-state index contributed by atoms with van der Waals surface area (Å²) in [7, 11) is 0. The number of benzene rings is 2. The molecule has 0 N–H and O–H groups in total. The summed E-state index contributed by atoms with van der Waals surface area (Å²) in [5.41, 5.74) is 0.732. The highest BCUT2D eigenvalue weighted by molar-refractivity contribution is 7.10. The Bertz CT molecular complexity index is 790. The van der Waals surface area contributed by atoms with Gasteiger partial charge in [0.2, 0.25) is 0 Å². The van der Waals surface area contributed by atoms with E-state index in [0.717, 1.165) is 21.2 Å². The zero-order valence-electron chi connectivity index (χ0n) is 10.7. The Labute approximate surface area is 120 Å². The lowest BCUT2D eigenvalue weighted by atomic mass is 9.94. The average Bonchev–Trinajstić information content (AvgIpc) is 3.01. The van der Waals surface area contributed by atoms with Crippen molar-refractivity contribution in [1.29, 1.82) is 0 Å². The zero-order valence-corrected chi connectivity index (χ0v) is 11.5. The maximum absolute atomic E-state index is 12.5. The van der Waals surface area contributed by atoms with Crippen molar-refractivity contribution >= 4 is 27.9 Å². The number of hydrogen-bond donors (Lipinski definition) is 0. The summed E-state index contributed by atoms with van der Waals surface area (Å²) < 4.78 is 6.04. The standard InChI is InChI=1S/C17H12O2S/c18-13-10-15(16-6-3-9-20-16)19-14-8-7-11-4-1-2-5-12(11)17(13)14/h1-9,15H,10H2. The molecule has 1 aromatic heterocycles. The molecule has 2 nitrogen and oxygen atoms in total. The Kier molecular flexibility index (Phi) is 2.60. The van der Waals surface area contributed by atoms with Crippen molar-refractivity contribution in [2.24, 2.45) is 0 Å². The van der Waals surface area contributed by atoms with Gasteiger partial charge in [-0.05, 0) is 28.3 Å². The predicted molar refractivity (Wildman–Crippen MR) is 80.6 cm³/mol. The van der Waals surface area contributed by atoms with Crippen LogP contribution in [-0.2, 0) is 0 Å². The van der Waals surface area contributed by atoms with Crippen molar-refractivity contribution in [2.45, 2.75) is 12.5 Å². The largest absolute Gasteiger partial charge is 0.484 e. The number of rotatable bonds is 1. The smallest absolute Gasteiger partial charge is 0.171 e. The molecule has 2 heterocycles. The molecule has 2 aromatic carbocycles. The molecule has 3 aromatic rings. The lowest BCUT2D eigenvalue weighted by Gasteiger charge is -2.25. The molecule has 4 rings (SSSR count). The summed E-state index contributed by atoms with van der Waals surface area (Å²) >= 11 is 1.63. The maximum atomic E-state index is 12.5. The van der Waals surface area contributed by atoms with Crippen LogP contribution < -0.4 is 4.74 Å². The van der Waals surface area contributed by atoms with Crippen molar-refractivity contribution in [3.63, 3.8) is 0 Å². The van der Waals surface area contributed by atoms with Gasteiger partial charge in [-0.1, -0.05) is 36.4 Å². The van der Waals surface area contributed by atoms with Crippen molar-refractivity contribution in [1.82, 2.24) is 0 Å². The fraction of sp³-hybridized carbons (Fsp3) is 0.118. The Hall–Kier alpha value is -2.13. The lowest BCUT2D eigenvalue weighted by Crippen LogP contribution is -2.19. The minimum Gasteiger partial charge on any atom is -0.484 e. The van der Waals surface area contributed by atoms with Gasteiger partial charge in [0.15, 0.2) is 5.78 Å². The monoisotopic (exact) mass is 280 g/mol. The quantitative estimate of drug-likeness (QED) is 0.650. The highest BCUT2D eigenvalue weighted by Gasteiger charge is 2.29. The Balaban J connectivity index is 1.86. The first-order valence-corrected chi connectivity index (χ1v) is 7.46. The van der Waals surface area contributed by atoms with Crippen LogP contribution in [0, 0.1) is 0 Å². The molecule has 1 aliphatic heterocycles. The Morgan fingerprint density at radius 1 is 1.05 bits per heavy atom. The molecule has 0 radical (unpaired) electrons. The second-order valence-corrected chi connectivity index (χ2v) is 5.89. The molecule has 1 unspecified atom stereocenters. The molecule has 1 aliphatic rings. The third-order valence-electron chi connectivity index (χ3n) is 3.67. The van der Waals surface area contributed by atoms with Crippen molar-refractivity contribution in [3.8, 4) is 5.75 Å². The van der Waals surface area contributed by atoms with Crippen LogP contribution in [-0.4, -0.2) is 5.78 Å². The van der Waals surface area contributed by atoms with Gasteiger partial charge in [-0.25, -0.2) is 0 Å². The van der Waals surface area contributed by atoms with Gasteiger partial charge in [-0.2, -0.15) is 0 Å². The average molecular weight is 280 g/mol. The van der Waals surface area contributed by atoms with Gasteiger partial charge in [-0.15, -0.1) is 11.3 Å². The van der Waals surface area contributed by atoms with Crippen LogP contribution in [0.2, 0.25) is 0 Å². The fourth-order valence-corrected chi connectivity index (χ4v) is 3.49. The van der Waals surface area contributed by atoms with E-state index in [4.69, 9.17) is 4.74 Å². The third kappa shape index (κ3) is 1.74. The zero-order chi connectivity index (χ0) is 13.5. The number of Topliss-reactive ketones (excluding diaryl/α,β-unsaturated/α-hetero) is 1. The molecule has 0 fully saturated rings. The molecule has 1 atom stereocenters. The van der Waals surface area contributed by atoms with E-state index in [1.165, 1.54) is 0 Å². The Morgan fingerprint density at radius 3 is 2.80 bits per heavy atom. The fourth-order valence-electron chi connectivity index (χ4n) is 2.74. The maximum Gasteiger partial charge on any atom is 0.171 e. The number of fused-ring (bicyclic) bond motifs is 3. The van der Waals surface area contributed by atoms with Gasteiger partial charge in [0, 0.05) is 4.88 Å². The molecule has 0 saturated heterocycles. The molecule has 0 spiro atoms. The van der Waals surface area contributed by atoms with E-state index in [1.54, 1.807) is 11.3 Å². The summed E-state index contributed by atoms with van der Waals surface area (Å²) in [4.78, 5) is 13.6. The molecule has 3 heteroatoms. The summed E-state index contributed by atoms with van der Waals surface area (Å²) in [6.07, 6.45) is 0.276. The van der Waals surface area contributed by atoms with Crippen molar-refractivity contribution in [3.05, 3.63) is 64.4 Å². The summed E-state index contributed by atoms with van der Waals surface area (Å²) in [6, 6.07) is 15.9. The van der Waals surface area contributed by atoms with E-state index in [2.05, 4.69) is 0 Å². The number of ether oxygens (including phenoxy) is 1. The van der Waals surface area contributed by atoms with Crippen LogP contribution in [0.4, 0.5) is 0 Å². The highest BCUT2D eigenvalue weighted by atomic mass is 32.1. The lowest BCUT2D eigenvalue weighted by molar-refractivity contribution is 0.0857. The van der Waals surface area contributed by atoms with E-state index in [1.807, 2.05) is 53.9 Å². The van der Waals surface area contributed by atoms with Gasteiger partial charge in [-0.3, -0.25) is 4.79 Å². The van der Waals surface area contributed by atoms with Gasteiger partial charge < -0.3 is 4.74 Å². The summed E-state index contributed by atoms with van der Waals surface area (Å²) in [5.74, 6) is 0.875. The van der Waals surface area contributed by atoms with Crippen molar-refractivity contribution in [2.75, 3.05) is 0 Å². The normalized spacial score (nSPS) is 17.8. The number of carbonyl (C=O) groups excluding carboxylic acids is 1. The molecule has 0 amide bonds. The van der Waals surface area contributed by atoms with E-state index < -0.39 is 0 Å². The molecular weight excluding hydrogens is 268 g/mol. The first-order valence-electron chi connectivity index (χ1n) is 6.58. The summed E-state index contributed by atoms with van der Waals surface area (Å²) in [6.45, 7) is 0. The third-order valence-corrected chi connectivity index (χ3v) is 4.63. The van der Waals surface area contributed by atoms with E-state index in [0.29, 0.717) is 12.2 Å². The van der Waals surface area contributed by atoms with E-state index in [-0.39, 0.29) is 11.9 Å². The predicted octanol–water partition coefficient (Wildman–Crippen LogP) is 4.61. The first kappa shape index (κ1) is 11.7. The molecule has 0 aliphatic carbocycles. The second-order valence-electron chi connectivity index (χ2n) is 4.91. The van der Waals surface area contributed by atoms with Crippen LogP contribution in [0.15, 0.2) is 53.9 Å². The van der Waals surface area contributed by atoms with Crippen molar-refractivity contribution < 1.29 is 9.53 Å². The number of thiophene rings is 1. The molecule has 0 bridgehead atoms. The number of hydrogen-bond acceptors (Lipinski definition) is 3. The Morgan fingerprint density at radius 2 is 1.95 bits per heavy atom. The molecular formula is C17H12O2S. The highest BCUT2D eigenvalue weighted by Crippen LogP contribution is 2.39. The van der Waals surface area contributed by atoms with Crippen LogP contribution in [0.25, 0.3) is 10.8 Å². The van der Waals surface area contributed by atoms with Crippen LogP contribution in [0.5, 0.6) is 5.75 Å². The van der Waals surface area contributed by atoms with Gasteiger partial charge in [0.1, 0.15) is 11.9 Å². The minimum atomic E-state index is -0.142. The molecule has 0 saturated carbocycles. The number of ketones is 1. The van der Waals surface area contributed by atoms with E-state index in [9.17, 15) is 4.79 Å². The topological polar surface area (TPSA) is 26.3 Å². The SMILES string of the molecule is O=C1CC(c2cccs2)Oc2ccc3ccccc3c21. The van der Waals surface area contributed by atoms with Gasteiger partial charge in [0.05, 0.1) is 12.0 Å². The molecule has 20 heavy (non-hydrogen) atoms. The van der Waals surface area contributed by atoms with Gasteiger partial charge in [0.25, 0.3) is 0 Å². The minimum absolute atomic E-state index is 0.142. The van der Waals surface area contributed by atoms with Crippen LogP contribution in [0.3, 0.4) is 0 Å². The summed E-state index contributed by atoms with van der Waals surface area (Å²) in [5, 5.41) is 4.08. The van der Waals surface area contributed by atoms with E-state index >= 15 is 0 Å². The molecule has 98 valence electrons. The second kappa shape index (κ2) is 4.46. The first-order chi connectivity index (χ1) is 9.83. The number of carbonyl (C=O) groups is 1. The van der Waals surface area contributed by atoms with Gasteiger partial charge >= 0.3 is 0 Å². The van der Waals surface area contributed by atoms with Crippen LogP contribution in [0.1, 0.15) is 27.8 Å².